The zero-order valence-electron chi connectivity index (χ0n) is 17.1. The molecular weight excluding hydrogens is 469 g/mol. The third-order valence-electron chi connectivity index (χ3n) is 4.90. The lowest BCUT2D eigenvalue weighted by atomic mass is 10.2. The molecule has 0 atom stereocenters. The minimum absolute atomic E-state index is 0. The lowest BCUT2D eigenvalue weighted by Crippen LogP contribution is -2.40. The fourth-order valence-electron chi connectivity index (χ4n) is 3.09. The van der Waals surface area contributed by atoms with Crippen LogP contribution >= 0.6 is 24.0 Å². The number of morpholine rings is 1. The van der Waals surface area contributed by atoms with Gasteiger partial charge in [-0.2, -0.15) is 0 Å². The van der Waals surface area contributed by atoms with Gasteiger partial charge in [-0.15, -0.1) is 24.0 Å². The van der Waals surface area contributed by atoms with Gasteiger partial charge in [-0.3, -0.25) is 0 Å². The van der Waals surface area contributed by atoms with E-state index in [4.69, 9.17) is 14.5 Å². The van der Waals surface area contributed by atoms with Crippen molar-refractivity contribution in [1.29, 1.82) is 0 Å². The van der Waals surface area contributed by atoms with E-state index in [0.717, 1.165) is 75.9 Å². The van der Waals surface area contributed by atoms with E-state index in [1.165, 1.54) is 12.8 Å². The van der Waals surface area contributed by atoms with E-state index in [-0.39, 0.29) is 24.0 Å². The molecule has 0 radical (unpaired) electrons. The van der Waals surface area contributed by atoms with E-state index in [1.54, 1.807) is 0 Å². The molecule has 28 heavy (non-hydrogen) atoms. The number of halogens is 1. The van der Waals surface area contributed by atoms with Crippen LogP contribution in [0.4, 0.5) is 5.82 Å². The van der Waals surface area contributed by atoms with Gasteiger partial charge in [0.15, 0.2) is 5.96 Å². The molecule has 1 aromatic heterocycles. The smallest absolute Gasteiger partial charge is 0.194 e. The van der Waals surface area contributed by atoms with Crippen LogP contribution in [0.2, 0.25) is 0 Å². The summed E-state index contributed by atoms with van der Waals surface area (Å²) in [6.45, 7) is 9.29. The number of hydrogen-bond acceptors (Lipinski definition) is 5. The first kappa shape index (κ1) is 23.2. The predicted octanol–water partition coefficient (Wildman–Crippen LogP) is 2.36. The molecule has 1 N–H and O–H groups in total. The monoisotopic (exact) mass is 503 g/mol. The average molecular weight is 503 g/mol. The fraction of sp³-hybridized carbons (Fsp3) is 0.700. The lowest BCUT2D eigenvalue weighted by Gasteiger charge is -2.29. The Bertz CT molecular complexity index is 606. The van der Waals surface area contributed by atoms with Gasteiger partial charge < -0.3 is 24.6 Å². The molecule has 0 aromatic carbocycles. The fourth-order valence-corrected chi connectivity index (χ4v) is 3.09. The Hall–Kier alpha value is -1.13. The molecule has 158 valence electrons. The van der Waals surface area contributed by atoms with Crippen molar-refractivity contribution in [3.8, 4) is 0 Å². The van der Waals surface area contributed by atoms with Gasteiger partial charge in [-0.05, 0) is 31.7 Å². The van der Waals surface area contributed by atoms with Crippen LogP contribution in [0.3, 0.4) is 0 Å². The average Bonchev–Trinajstić information content (AvgIpc) is 3.53. The summed E-state index contributed by atoms with van der Waals surface area (Å²) in [7, 11) is 2.06. The van der Waals surface area contributed by atoms with Crippen molar-refractivity contribution < 1.29 is 9.47 Å². The maximum Gasteiger partial charge on any atom is 0.194 e. The van der Waals surface area contributed by atoms with Crippen LogP contribution in [-0.2, 0) is 16.0 Å². The van der Waals surface area contributed by atoms with Crippen LogP contribution in [0.25, 0.3) is 0 Å². The Balaban J connectivity index is 0.00000280. The molecule has 1 aliphatic heterocycles. The first-order valence-electron chi connectivity index (χ1n) is 10.1. The lowest BCUT2D eigenvalue weighted by molar-refractivity contribution is 0.115. The molecule has 1 saturated carbocycles. The minimum atomic E-state index is 0. The van der Waals surface area contributed by atoms with Gasteiger partial charge in [0.05, 0.1) is 26.4 Å². The second-order valence-electron chi connectivity index (χ2n) is 7.20. The summed E-state index contributed by atoms with van der Waals surface area (Å²) >= 11 is 0. The number of guanidine groups is 1. The van der Waals surface area contributed by atoms with E-state index < -0.39 is 0 Å². The number of anilines is 1. The van der Waals surface area contributed by atoms with Gasteiger partial charge in [0.25, 0.3) is 0 Å². The molecule has 1 aromatic rings. The number of ether oxygens (including phenoxy) is 2. The zero-order valence-corrected chi connectivity index (χ0v) is 19.4. The van der Waals surface area contributed by atoms with Crippen LogP contribution in [0.15, 0.2) is 23.3 Å². The molecule has 0 spiro atoms. The third kappa shape index (κ3) is 7.36. The molecule has 1 saturated heterocycles. The van der Waals surface area contributed by atoms with E-state index in [1.807, 2.05) is 12.3 Å². The van der Waals surface area contributed by atoms with E-state index in [0.29, 0.717) is 6.54 Å². The Morgan fingerprint density at radius 3 is 2.89 bits per heavy atom. The predicted molar refractivity (Wildman–Crippen MR) is 124 cm³/mol. The van der Waals surface area contributed by atoms with E-state index in [2.05, 4.69) is 40.1 Å². The highest BCUT2D eigenvalue weighted by Gasteiger charge is 2.21. The standard InChI is InChI=1S/C20H33N5O2.HI/c1-3-21-20(24(2)9-12-27-16-17-6-7-17)23-15-18-5-4-8-22-19(18)25-10-13-26-14-11-25;/h4-5,8,17H,3,6-7,9-16H2,1-2H3,(H,21,23);1H. The molecule has 7 nitrogen and oxygen atoms in total. The molecule has 8 heteroatoms. The number of nitrogens with one attached hydrogen (secondary N) is 1. The largest absolute Gasteiger partial charge is 0.379 e. The molecular formula is C20H34IN5O2. The summed E-state index contributed by atoms with van der Waals surface area (Å²) in [5.74, 6) is 2.74. The van der Waals surface area contributed by atoms with E-state index >= 15 is 0 Å². The highest BCUT2D eigenvalue weighted by molar-refractivity contribution is 14.0. The molecule has 2 heterocycles. The van der Waals surface area contributed by atoms with Crippen LogP contribution in [0.1, 0.15) is 25.3 Å². The Kier molecular flexibility index (Phi) is 10.3. The summed E-state index contributed by atoms with van der Waals surface area (Å²) in [6.07, 6.45) is 4.51. The highest BCUT2D eigenvalue weighted by Crippen LogP contribution is 2.28. The van der Waals surface area contributed by atoms with Gasteiger partial charge in [0.2, 0.25) is 0 Å². The third-order valence-corrected chi connectivity index (χ3v) is 4.90. The van der Waals surface area contributed by atoms with Crippen molar-refractivity contribution in [1.82, 2.24) is 15.2 Å². The number of likely N-dealkylation sites (N-methyl/N-ethyl adjacent to an activating group) is 1. The number of aromatic nitrogens is 1. The number of rotatable bonds is 9. The summed E-state index contributed by atoms with van der Waals surface area (Å²) in [5, 5.41) is 3.38. The second kappa shape index (κ2) is 12.4. The van der Waals surface area contributed by atoms with Crippen molar-refractivity contribution >= 4 is 35.8 Å². The first-order chi connectivity index (χ1) is 13.3. The van der Waals surface area contributed by atoms with E-state index in [9.17, 15) is 0 Å². The zero-order chi connectivity index (χ0) is 18.9. The molecule has 2 aliphatic rings. The summed E-state index contributed by atoms with van der Waals surface area (Å²) in [4.78, 5) is 13.9. The molecule has 1 aliphatic carbocycles. The summed E-state index contributed by atoms with van der Waals surface area (Å²) in [6, 6.07) is 4.10. The molecule has 0 bridgehead atoms. The minimum Gasteiger partial charge on any atom is -0.379 e. The molecule has 0 amide bonds. The quantitative estimate of drug-likeness (QED) is 0.242. The van der Waals surface area contributed by atoms with Gasteiger partial charge >= 0.3 is 0 Å². The van der Waals surface area contributed by atoms with Crippen molar-refractivity contribution in [3.05, 3.63) is 23.9 Å². The van der Waals surface area contributed by atoms with Crippen molar-refractivity contribution in [2.24, 2.45) is 10.9 Å². The number of pyridine rings is 1. The SMILES string of the molecule is CCNC(=NCc1cccnc1N1CCOCC1)N(C)CCOCC1CC1.I. The highest BCUT2D eigenvalue weighted by atomic mass is 127. The van der Waals surface area contributed by atoms with Gasteiger partial charge in [-0.1, -0.05) is 6.07 Å². The molecule has 3 rings (SSSR count). The first-order valence-corrected chi connectivity index (χ1v) is 10.1. The van der Waals surface area contributed by atoms with Crippen LogP contribution < -0.4 is 10.2 Å². The van der Waals surface area contributed by atoms with Crippen LogP contribution in [0.5, 0.6) is 0 Å². The normalized spacial score (nSPS) is 17.2. The Morgan fingerprint density at radius 2 is 2.18 bits per heavy atom. The molecule has 0 unspecified atom stereocenters. The van der Waals surface area contributed by atoms with Crippen LogP contribution in [0, 0.1) is 5.92 Å². The van der Waals surface area contributed by atoms with Crippen molar-refractivity contribution in [2.45, 2.75) is 26.3 Å². The van der Waals surface area contributed by atoms with Crippen molar-refractivity contribution in [2.75, 3.05) is 64.6 Å². The number of hydrogen-bond donors (Lipinski definition) is 1. The maximum atomic E-state index is 5.76. The Labute approximate surface area is 185 Å². The number of nitrogens with zero attached hydrogens (tertiary/aromatic N) is 4. The topological polar surface area (TPSA) is 62.2 Å². The summed E-state index contributed by atoms with van der Waals surface area (Å²) in [5.41, 5.74) is 1.15. The van der Waals surface area contributed by atoms with Crippen LogP contribution in [-0.4, -0.2) is 75.5 Å². The Morgan fingerprint density at radius 1 is 1.39 bits per heavy atom. The van der Waals surface area contributed by atoms with Gasteiger partial charge in [-0.25, -0.2) is 9.98 Å². The molecule has 2 fully saturated rings. The second-order valence-corrected chi connectivity index (χ2v) is 7.20. The van der Waals surface area contributed by atoms with Gasteiger partial charge in [0, 0.05) is 51.6 Å². The maximum absolute atomic E-state index is 5.76. The summed E-state index contributed by atoms with van der Waals surface area (Å²) < 4.78 is 11.2. The van der Waals surface area contributed by atoms with Gasteiger partial charge in [0.1, 0.15) is 5.82 Å². The number of aliphatic imine (C=N–C) groups is 1. The van der Waals surface area contributed by atoms with Crippen molar-refractivity contribution in [3.63, 3.8) is 0 Å².